The standard InChI is InChI=1S/C6H14N2O4S/c1-5(4-7)8-13(11,12)3-2-6(9)10/h5,8H,2-4,7H2,1H3,(H,9,10)/t5-/m1/s1. The number of carbonyl (C=O) groups is 1. The van der Waals surface area contributed by atoms with Gasteiger partial charge in [0, 0.05) is 12.6 Å². The minimum absolute atomic E-state index is 0.187. The van der Waals surface area contributed by atoms with Crippen molar-refractivity contribution in [3.8, 4) is 0 Å². The molecule has 0 unspecified atom stereocenters. The van der Waals surface area contributed by atoms with E-state index in [2.05, 4.69) is 4.72 Å². The summed E-state index contributed by atoms with van der Waals surface area (Å²) < 4.78 is 24.4. The molecule has 0 rings (SSSR count). The minimum Gasteiger partial charge on any atom is -0.481 e. The number of hydrogen-bond acceptors (Lipinski definition) is 4. The van der Waals surface area contributed by atoms with E-state index in [1.54, 1.807) is 6.92 Å². The van der Waals surface area contributed by atoms with E-state index in [1.165, 1.54) is 0 Å². The van der Waals surface area contributed by atoms with Crippen molar-refractivity contribution >= 4 is 16.0 Å². The van der Waals surface area contributed by atoms with Gasteiger partial charge in [-0.2, -0.15) is 0 Å². The number of rotatable bonds is 6. The molecule has 0 aliphatic heterocycles. The van der Waals surface area contributed by atoms with E-state index in [1.807, 2.05) is 0 Å². The molecule has 0 aromatic rings. The SMILES string of the molecule is C[C@H](CN)NS(=O)(=O)CCC(=O)O. The molecule has 4 N–H and O–H groups in total. The highest BCUT2D eigenvalue weighted by atomic mass is 32.2. The minimum atomic E-state index is -3.50. The molecule has 7 heteroatoms. The van der Waals surface area contributed by atoms with Crippen molar-refractivity contribution in [1.82, 2.24) is 4.72 Å². The molecule has 1 atom stereocenters. The Hall–Kier alpha value is -0.660. The average molecular weight is 210 g/mol. The van der Waals surface area contributed by atoms with E-state index in [-0.39, 0.29) is 12.6 Å². The van der Waals surface area contributed by atoms with Crippen LogP contribution >= 0.6 is 0 Å². The first-order valence-electron chi connectivity index (χ1n) is 3.79. The predicted octanol–water partition coefficient (Wildman–Crippen LogP) is -1.27. The van der Waals surface area contributed by atoms with Gasteiger partial charge in [0.15, 0.2) is 0 Å². The fourth-order valence-electron chi connectivity index (χ4n) is 0.635. The number of sulfonamides is 1. The summed E-state index contributed by atoms with van der Waals surface area (Å²) in [6, 6.07) is -0.362. The molecule has 0 aromatic carbocycles. The second kappa shape index (κ2) is 5.15. The van der Waals surface area contributed by atoms with Crippen LogP contribution in [0.4, 0.5) is 0 Å². The Labute approximate surface area is 77.2 Å². The molecule has 0 bridgehead atoms. The third kappa shape index (κ3) is 6.50. The largest absolute Gasteiger partial charge is 0.481 e. The van der Waals surface area contributed by atoms with Crippen LogP contribution in [0.25, 0.3) is 0 Å². The van der Waals surface area contributed by atoms with Gasteiger partial charge in [0.1, 0.15) is 0 Å². The molecule has 0 amide bonds. The van der Waals surface area contributed by atoms with Crippen LogP contribution in [0, 0.1) is 0 Å². The van der Waals surface area contributed by atoms with Crippen LogP contribution in [-0.2, 0) is 14.8 Å². The van der Waals surface area contributed by atoms with Gasteiger partial charge >= 0.3 is 5.97 Å². The Morgan fingerprint density at radius 1 is 1.62 bits per heavy atom. The van der Waals surface area contributed by atoms with Gasteiger partial charge in [0.25, 0.3) is 0 Å². The Balaban J connectivity index is 4.02. The molecule has 0 saturated carbocycles. The molecule has 13 heavy (non-hydrogen) atoms. The van der Waals surface area contributed by atoms with Gasteiger partial charge in [-0.05, 0) is 6.92 Å². The Kier molecular flexibility index (Phi) is 4.89. The Bertz CT molecular complexity index is 262. The number of carboxylic acid groups (broad SMARTS) is 1. The zero-order chi connectivity index (χ0) is 10.5. The van der Waals surface area contributed by atoms with E-state index < -0.39 is 28.2 Å². The fraction of sp³-hybridized carbons (Fsp3) is 0.833. The summed E-state index contributed by atoms with van der Waals surface area (Å²) in [6.45, 7) is 1.80. The molecule has 0 aliphatic rings. The van der Waals surface area contributed by atoms with Crippen molar-refractivity contribution in [3.05, 3.63) is 0 Å². The number of nitrogens with one attached hydrogen (secondary N) is 1. The lowest BCUT2D eigenvalue weighted by Crippen LogP contribution is -2.39. The molecule has 0 aromatic heterocycles. The highest BCUT2D eigenvalue weighted by molar-refractivity contribution is 7.89. The fourth-order valence-corrected chi connectivity index (χ4v) is 1.91. The first-order valence-corrected chi connectivity index (χ1v) is 5.44. The summed E-state index contributed by atoms with van der Waals surface area (Å²) in [5.41, 5.74) is 5.19. The second-order valence-corrected chi connectivity index (χ2v) is 4.59. The smallest absolute Gasteiger partial charge is 0.304 e. The van der Waals surface area contributed by atoms with Gasteiger partial charge in [-0.3, -0.25) is 4.79 Å². The van der Waals surface area contributed by atoms with Gasteiger partial charge in [-0.15, -0.1) is 0 Å². The summed E-state index contributed by atoms with van der Waals surface area (Å²) in [5.74, 6) is -1.54. The first-order chi connectivity index (χ1) is 5.87. The van der Waals surface area contributed by atoms with E-state index in [0.29, 0.717) is 0 Å². The maximum absolute atomic E-state index is 11.1. The predicted molar refractivity (Wildman–Crippen MR) is 47.7 cm³/mol. The van der Waals surface area contributed by atoms with Crippen LogP contribution in [0.15, 0.2) is 0 Å². The molecule has 0 heterocycles. The van der Waals surface area contributed by atoms with Crippen LogP contribution < -0.4 is 10.5 Å². The molecule has 6 nitrogen and oxygen atoms in total. The van der Waals surface area contributed by atoms with Crippen LogP contribution in [0.5, 0.6) is 0 Å². The van der Waals surface area contributed by atoms with Crippen LogP contribution in [0.1, 0.15) is 13.3 Å². The van der Waals surface area contributed by atoms with Crippen molar-refractivity contribution in [3.63, 3.8) is 0 Å². The van der Waals surface area contributed by atoms with Crippen molar-refractivity contribution in [1.29, 1.82) is 0 Å². The summed E-state index contributed by atoms with van der Waals surface area (Å²) in [7, 11) is -3.50. The normalized spacial score (nSPS) is 14.0. The molecule has 0 aliphatic carbocycles. The van der Waals surface area contributed by atoms with Crippen molar-refractivity contribution in [2.45, 2.75) is 19.4 Å². The number of aliphatic carboxylic acids is 1. The molecule has 0 saturated heterocycles. The van der Waals surface area contributed by atoms with Crippen LogP contribution in [0.3, 0.4) is 0 Å². The van der Waals surface area contributed by atoms with Crippen LogP contribution in [-0.4, -0.2) is 37.8 Å². The van der Waals surface area contributed by atoms with Gasteiger partial charge in [0.2, 0.25) is 10.0 Å². The lowest BCUT2D eigenvalue weighted by atomic mass is 10.4. The summed E-state index contributed by atoms with van der Waals surface area (Å²) in [5, 5.41) is 8.25. The highest BCUT2D eigenvalue weighted by Crippen LogP contribution is 1.91. The first kappa shape index (κ1) is 12.3. The molecular weight excluding hydrogens is 196 g/mol. The summed E-state index contributed by atoms with van der Waals surface area (Å²) >= 11 is 0. The van der Waals surface area contributed by atoms with E-state index in [0.717, 1.165) is 0 Å². The van der Waals surface area contributed by atoms with E-state index in [4.69, 9.17) is 10.8 Å². The maximum atomic E-state index is 11.1. The zero-order valence-corrected chi connectivity index (χ0v) is 8.17. The van der Waals surface area contributed by atoms with Gasteiger partial charge in [-0.1, -0.05) is 0 Å². The van der Waals surface area contributed by atoms with Gasteiger partial charge < -0.3 is 10.8 Å². The third-order valence-electron chi connectivity index (χ3n) is 1.32. The molecule has 78 valence electrons. The molecule has 0 spiro atoms. The monoisotopic (exact) mass is 210 g/mol. The van der Waals surface area contributed by atoms with E-state index >= 15 is 0 Å². The quantitative estimate of drug-likeness (QED) is 0.506. The number of carboxylic acids is 1. The average Bonchev–Trinajstić information content (AvgIpc) is 2.00. The van der Waals surface area contributed by atoms with Gasteiger partial charge in [0.05, 0.1) is 12.2 Å². The lowest BCUT2D eigenvalue weighted by molar-refractivity contribution is -0.136. The van der Waals surface area contributed by atoms with Crippen LogP contribution in [0.2, 0.25) is 0 Å². The number of hydrogen-bond donors (Lipinski definition) is 3. The molecule has 0 radical (unpaired) electrons. The summed E-state index contributed by atoms with van der Waals surface area (Å²) in [6.07, 6.45) is -0.396. The summed E-state index contributed by atoms with van der Waals surface area (Å²) in [4.78, 5) is 10.1. The number of nitrogens with two attached hydrogens (primary N) is 1. The maximum Gasteiger partial charge on any atom is 0.304 e. The highest BCUT2D eigenvalue weighted by Gasteiger charge is 2.14. The van der Waals surface area contributed by atoms with Crippen molar-refractivity contribution < 1.29 is 18.3 Å². The Morgan fingerprint density at radius 3 is 2.54 bits per heavy atom. The van der Waals surface area contributed by atoms with Crippen molar-refractivity contribution in [2.24, 2.45) is 5.73 Å². The van der Waals surface area contributed by atoms with Crippen molar-refractivity contribution in [2.75, 3.05) is 12.3 Å². The molecule has 0 fully saturated rings. The van der Waals surface area contributed by atoms with E-state index in [9.17, 15) is 13.2 Å². The van der Waals surface area contributed by atoms with Gasteiger partial charge in [-0.25, -0.2) is 13.1 Å². The molecular formula is C6H14N2O4S. The topological polar surface area (TPSA) is 109 Å². The third-order valence-corrected chi connectivity index (χ3v) is 2.82. The zero-order valence-electron chi connectivity index (χ0n) is 7.36. The Morgan fingerprint density at radius 2 is 2.15 bits per heavy atom. The lowest BCUT2D eigenvalue weighted by Gasteiger charge is -2.10. The second-order valence-electron chi connectivity index (χ2n) is 2.72.